The predicted molar refractivity (Wildman–Crippen MR) is 132 cm³/mol. The van der Waals surface area contributed by atoms with Crippen LogP contribution in [0.2, 0.25) is 0 Å². The van der Waals surface area contributed by atoms with Crippen molar-refractivity contribution in [2.45, 2.75) is 20.8 Å². The number of oxazole rings is 1. The maximum atomic E-state index is 12.7. The van der Waals surface area contributed by atoms with Crippen LogP contribution in [0.15, 0.2) is 65.2 Å². The van der Waals surface area contributed by atoms with Crippen LogP contribution in [0.3, 0.4) is 0 Å². The number of amides is 1. The van der Waals surface area contributed by atoms with Crippen LogP contribution in [-0.2, 0) is 0 Å². The highest BCUT2D eigenvalue weighted by Crippen LogP contribution is 2.30. The van der Waals surface area contributed by atoms with Gasteiger partial charge in [-0.25, -0.2) is 4.98 Å². The number of fused-ring (bicyclic) bond motifs is 1. The predicted octanol–water partition coefficient (Wildman–Crippen LogP) is 5.36. The molecule has 1 amide bonds. The van der Waals surface area contributed by atoms with Crippen LogP contribution in [-0.4, -0.2) is 27.6 Å². The van der Waals surface area contributed by atoms with E-state index in [-0.39, 0.29) is 11.0 Å². The van der Waals surface area contributed by atoms with E-state index in [9.17, 15) is 4.79 Å². The second kappa shape index (κ2) is 9.79. The van der Waals surface area contributed by atoms with Crippen LogP contribution in [0.4, 0.5) is 5.69 Å². The Kier molecular flexibility index (Phi) is 6.65. The Morgan fingerprint density at radius 3 is 2.76 bits per heavy atom. The summed E-state index contributed by atoms with van der Waals surface area (Å²) in [5.41, 5.74) is 4.05. The highest BCUT2D eigenvalue weighted by Gasteiger charge is 2.15. The maximum Gasteiger partial charge on any atom is 0.257 e. The van der Waals surface area contributed by atoms with Crippen LogP contribution >= 0.6 is 12.2 Å². The number of aromatic nitrogens is 2. The molecule has 0 bridgehead atoms. The van der Waals surface area contributed by atoms with Crippen molar-refractivity contribution in [3.8, 4) is 17.2 Å². The number of ether oxygens (including phenoxy) is 1. The SMILES string of the molecule is Cc1c(NC(=S)NC(=O)c2cccc(OCC(C)C)c2)cccc1-c1nc2ncccc2o1. The number of carbonyl (C=O) groups excluding carboxylic acids is 1. The molecular formula is C25H24N4O3S. The number of pyridine rings is 1. The second-order valence-corrected chi connectivity index (χ2v) is 8.37. The minimum absolute atomic E-state index is 0.188. The minimum atomic E-state index is -0.318. The number of thiocarbonyl (C=S) groups is 1. The number of nitrogens with zero attached hydrogens (tertiary/aromatic N) is 2. The third-order valence-corrected chi connectivity index (χ3v) is 5.09. The molecule has 8 heteroatoms. The summed E-state index contributed by atoms with van der Waals surface area (Å²) in [7, 11) is 0. The molecule has 0 unspecified atom stereocenters. The third kappa shape index (κ3) is 5.35. The second-order valence-electron chi connectivity index (χ2n) is 7.96. The minimum Gasteiger partial charge on any atom is -0.493 e. The van der Waals surface area contributed by atoms with Gasteiger partial charge in [0, 0.05) is 23.0 Å². The van der Waals surface area contributed by atoms with Crippen molar-refractivity contribution in [1.29, 1.82) is 0 Å². The van der Waals surface area contributed by atoms with Gasteiger partial charge in [-0.1, -0.05) is 26.0 Å². The molecule has 0 radical (unpaired) electrons. The van der Waals surface area contributed by atoms with Gasteiger partial charge in [-0.15, -0.1) is 0 Å². The van der Waals surface area contributed by atoms with E-state index >= 15 is 0 Å². The fourth-order valence-electron chi connectivity index (χ4n) is 3.21. The van der Waals surface area contributed by atoms with Gasteiger partial charge in [0.2, 0.25) is 5.89 Å². The van der Waals surface area contributed by atoms with E-state index < -0.39 is 0 Å². The Bertz CT molecular complexity index is 1280. The third-order valence-electron chi connectivity index (χ3n) is 4.88. The lowest BCUT2D eigenvalue weighted by atomic mass is 10.1. The molecule has 4 rings (SSSR count). The van der Waals surface area contributed by atoms with E-state index in [1.54, 1.807) is 30.5 Å². The van der Waals surface area contributed by atoms with Crippen molar-refractivity contribution in [3.63, 3.8) is 0 Å². The van der Waals surface area contributed by atoms with Gasteiger partial charge in [0.05, 0.1) is 6.61 Å². The largest absolute Gasteiger partial charge is 0.493 e. The molecule has 0 saturated carbocycles. The van der Waals surface area contributed by atoms with Crippen LogP contribution in [0, 0.1) is 12.8 Å². The molecular weight excluding hydrogens is 436 g/mol. The first-order chi connectivity index (χ1) is 15.9. The van der Waals surface area contributed by atoms with Gasteiger partial charge in [-0.3, -0.25) is 10.1 Å². The molecule has 33 heavy (non-hydrogen) atoms. The van der Waals surface area contributed by atoms with Crippen LogP contribution in [0.25, 0.3) is 22.7 Å². The Morgan fingerprint density at radius 1 is 1.15 bits per heavy atom. The topological polar surface area (TPSA) is 89.3 Å². The van der Waals surface area contributed by atoms with Crippen molar-refractivity contribution in [1.82, 2.24) is 15.3 Å². The molecule has 2 aromatic heterocycles. The first-order valence-corrected chi connectivity index (χ1v) is 11.0. The molecule has 2 N–H and O–H groups in total. The number of rotatable bonds is 6. The van der Waals surface area contributed by atoms with E-state index in [2.05, 4.69) is 34.4 Å². The lowest BCUT2D eigenvalue weighted by Gasteiger charge is -2.14. The number of carbonyl (C=O) groups is 1. The van der Waals surface area contributed by atoms with Crippen molar-refractivity contribution in [2.24, 2.45) is 5.92 Å². The van der Waals surface area contributed by atoms with E-state index in [4.69, 9.17) is 21.4 Å². The van der Waals surface area contributed by atoms with Gasteiger partial charge in [0.25, 0.3) is 5.91 Å². The molecule has 0 fully saturated rings. The lowest BCUT2D eigenvalue weighted by molar-refractivity contribution is 0.0977. The van der Waals surface area contributed by atoms with Gasteiger partial charge in [-0.2, -0.15) is 4.98 Å². The summed E-state index contributed by atoms with van der Waals surface area (Å²) in [6, 6.07) is 16.3. The number of nitrogens with one attached hydrogen (secondary N) is 2. The quantitative estimate of drug-likeness (QED) is 0.374. The highest BCUT2D eigenvalue weighted by molar-refractivity contribution is 7.80. The van der Waals surface area contributed by atoms with Crippen molar-refractivity contribution < 1.29 is 13.9 Å². The van der Waals surface area contributed by atoms with Crippen LogP contribution in [0.1, 0.15) is 29.8 Å². The first kappa shape index (κ1) is 22.4. The molecule has 2 aromatic carbocycles. The number of anilines is 1. The van der Waals surface area contributed by atoms with Gasteiger partial charge in [0.1, 0.15) is 5.75 Å². The molecule has 4 aromatic rings. The Morgan fingerprint density at radius 2 is 1.97 bits per heavy atom. The Balaban J connectivity index is 1.46. The summed E-state index contributed by atoms with van der Waals surface area (Å²) >= 11 is 5.38. The van der Waals surface area contributed by atoms with Gasteiger partial charge >= 0.3 is 0 Å². The molecule has 168 valence electrons. The monoisotopic (exact) mass is 460 g/mol. The van der Waals surface area contributed by atoms with Crippen molar-refractivity contribution in [3.05, 3.63) is 71.9 Å². The molecule has 0 spiro atoms. The zero-order chi connectivity index (χ0) is 23.4. The normalized spacial score (nSPS) is 10.9. The highest BCUT2D eigenvalue weighted by atomic mass is 32.1. The average Bonchev–Trinajstić information content (AvgIpc) is 3.23. The standard InChI is InChI=1S/C25H24N4O3S/c1-15(2)14-31-18-8-4-7-17(13-18)23(30)29-25(33)27-20-10-5-9-19(16(20)3)24-28-22-21(32-24)11-6-12-26-22/h4-13,15H,14H2,1-3H3,(H2,27,29,30,33). The Labute approximate surface area is 197 Å². The molecule has 0 aliphatic heterocycles. The van der Waals surface area contributed by atoms with Crippen LogP contribution in [0.5, 0.6) is 5.75 Å². The first-order valence-electron chi connectivity index (χ1n) is 10.6. The van der Waals surface area contributed by atoms with E-state index in [1.165, 1.54) is 0 Å². The summed E-state index contributed by atoms with van der Waals surface area (Å²) in [6.07, 6.45) is 1.67. The molecule has 0 aliphatic rings. The maximum absolute atomic E-state index is 12.7. The average molecular weight is 461 g/mol. The van der Waals surface area contributed by atoms with E-state index in [0.29, 0.717) is 41.0 Å². The molecule has 0 atom stereocenters. The molecule has 0 saturated heterocycles. The zero-order valence-corrected chi connectivity index (χ0v) is 19.4. The zero-order valence-electron chi connectivity index (χ0n) is 18.6. The summed E-state index contributed by atoms with van der Waals surface area (Å²) in [5.74, 6) is 1.19. The summed E-state index contributed by atoms with van der Waals surface area (Å²) in [6.45, 7) is 6.65. The van der Waals surface area contributed by atoms with E-state index in [1.807, 2.05) is 37.3 Å². The van der Waals surface area contributed by atoms with Crippen molar-refractivity contribution in [2.75, 3.05) is 11.9 Å². The smallest absolute Gasteiger partial charge is 0.257 e. The number of hydrogen-bond acceptors (Lipinski definition) is 6. The van der Waals surface area contributed by atoms with Gasteiger partial charge in [-0.05, 0) is 73.1 Å². The summed E-state index contributed by atoms with van der Waals surface area (Å²) in [4.78, 5) is 21.4. The Hall–Kier alpha value is -3.78. The molecule has 0 aliphatic carbocycles. The van der Waals surface area contributed by atoms with E-state index in [0.717, 1.165) is 16.8 Å². The fourth-order valence-corrected chi connectivity index (χ4v) is 3.41. The van der Waals surface area contributed by atoms with Gasteiger partial charge < -0.3 is 14.5 Å². The molecule has 2 heterocycles. The number of hydrogen-bond donors (Lipinski definition) is 2. The van der Waals surface area contributed by atoms with Crippen LogP contribution < -0.4 is 15.4 Å². The summed E-state index contributed by atoms with van der Waals surface area (Å²) in [5, 5.41) is 6.00. The summed E-state index contributed by atoms with van der Waals surface area (Å²) < 4.78 is 11.6. The number of benzene rings is 2. The molecule has 7 nitrogen and oxygen atoms in total. The van der Waals surface area contributed by atoms with Crippen molar-refractivity contribution >= 4 is 40.2 Å². The lowest BCUT2D eigenvalue weighted by Crippen LogP contribution is -2.34. The fraction of sp³-hybridized carbons (Fsp3) is 0.200. The van der Waals surface area contributed by atoms with Gasteiger partial charge in [0.15, 0.2) is 16.3 Å².